The van der Waals surface area contributed by atoms with Gasteiger partial charge in [-0.3, -0.25) is 18.6 Å². The molecule has 0 bridgehead atoms. The summed E-state index contributed by atoms with van der Waals surface area (Å²) in [7, 11) is 1.70. The van der Waals surface area contributed by atoms with Gasteiger partial charge in [0.2, 0.25) is 0 Å². The van der Waals surface area contributed by atoms with Crippen LogP contribution in [0.5, 0.6) is 0 Å². The first-order chi connectivity index (χ1) is 11.6. The molecule has 0 spiro atoms. The van der Waals surface area contributed by atoms with Crippen LogP contribution >= 0.6 is 23.1 Å². The van der Waals surface area contributed by atoms with Crippen molar-refractivity contribution >= 4 is 39.0 Å². The first-order valence-corrected chi connectivity index (χ1v) is 9.04. The van der Waals surface area contributed by atoms with Crippen LogP contribution in [0, 0.1) is 0 Å². The van der Waals surface area contributed by atoms with Crippen LogP contribution < -0.4 is 11.1 Å². The highest BCUT2D eigenvalue weighted by atomic mass is 32.2. The lowest BCUT2D eigenvalue weighted by molar-refractivity contribution is 0.726. The summed E-state index contributed by atoms with van der Waals surface area (Å²) < 4.78 is 3.05. The van der Waals surface area contributed by atoms with E-state index in [1.165, 1.54) is 38.1 Å². The molecule has 6 nitrogen and oxygen atoms in total. The predicted octanol–water partition coefficient (Wildman–Crippen LogP) is 2.30. The van der Waals surface area contributed by atoms with E-state index in [9.17, 15) is 9.59 Å². The van der Waals surface area contributed by atoms with Crippen molar-refractivity contribution in [2.24, 2.45) is 7.05 Å². The third kappa shape index (κ3) is 2.53. The number of aromatic nitrogens is 4. The van der Waals surface area contributed by atoms with Gasteiger partial charge in [-0.05, 0) is 12.1 Å². The maximum atomic E-state index is 12.4. The summed E-state index contributed by atoms with van der Waals surface area (Å²) in [6, 6.07) is 8.80. The SMILES string of the molecule is Cn1c(SCc2cc(=O)n3ccsc3n2)nc2ccccc2c1=O. The number of thiazole rings is 1. The minimum Gasteiger partial charge on any atom is -0.290 e. The molecule has 1 aromatic carbocycles. The van der Waals surface area contributed by atoms with Crippen molar-refractivity contribution in [2.75, 3.05) is 0 Å². The number of hydrogen-bond acceptors (Lipinski definition) is 6. The van der Waals surface area contributed by atoms with E-state index < -0.39 is 0 Å². The topological polar surface area (TPSA) is 69.3 Å². The van der Waals surface area contributed by atoms with Crippen LogP contribution in [0.3, 0.4) is 0 Å². The van der Waals surface area contributed by atoms with Gasteiger partial charge in [-0.15, -0.1) is 11.3 Å². The van der Waals surface area contributed by atoms with E-state index in [1.807, 2.05) is 23.6 Å². The lowest BCUT2D eigenvalue weighted by Crippen LogP contribution is -2.20. The summed E-state index contributed by atoms with van der Waals surface area (Å²) in [6.45, 7) is 0. The predicted molar refractivity (Wildman–Crippen MR) is 95.9 cm³/mol. The van der Waals surface area contributed by atoms with Crippen LogP contribution in [-0.4, -0.2) is 18.9 Å². The van der Waals surface area contributed by atoms with Crippen molar-refractivity contribution in [3.63, 3.8) is 0 Å². The summed E-state index contributed by atoms with van der Waals surface area (Å²) in [5.41, 5.74) is 1.17. The maximum Gasteiger partial charge on any atom is 0.261 e. The molecule has 4 rings (SSSR count). The number of thioether (sulfide) groups is 1. The van der Waals surface area contributed by atoms with E-state index in [2.05, 4.69) is 9.97 Å². The highest BCUT2D eigenvalue weighted by Crippen LogP contribution is 2.20. The van der Waals surface area contributed by atoms with E-state index >= 15 is 0 Å². The summed E-state index contributed by atoms with van der Waals surface area (Å²) in [5, 5.41) is 3.03. The van der Waals surface area contributed by atoms with E-state index in [1.54, 1.807) is 19.3 Å². The van der Waals surface area contributed by atoms with Gasteiger partial charge in [0.25, 0.3) is 11.1 Å². The van der Waals surface area contributed by atoms with Crippen molar-refractivity contribution < 1.29 is 0 Å². The molecule has 3 aromatic heterocycles. The van der Waals surface area contributed by atoms with Crippen LogP contribution in [0.15, 0.2) is 56.7 Å². The Balaban J connectivity index is 1.70. The molecule has 120 valence electrons. The number of benzene rings is 1. The third-order valence-electron chi connectivity index (χ3n) is 3.65. The molecule has 0 aliphatic heterocycles. The second kappa shape index (κ2) is 5.88. The van der Waals surface area contributed by atoms with Gasteiger partial charge in [-0.1, -0.05) is 23.9 Å². The molecule has 0 radical (unpaired) electrons. The van der Waals surface area contributed by atoms with Gasteiger partial charge in [-0.25, -0.2) is 9.97 Å². The summed E-state index contributed by atoms with van der Waals surface area (Å²) in [5.74, 6) is 0.474. The third-order valence-corrected chi connectivity index (χ3v) is 5.47. The molecule has 0 unspecified atom stereocenters. The largest absolute Gasteiger partial charge is 0.290 e. The van der Waals surface area contributed by atoms with Crippen molar-refractivity contribution in [3.05, 3.63) is 68.3 Å². The molecule has 8 heteroatoms. The molecule has 0 saturated carbocycles. The molecule has 0 atom stereocenters. The van der Waals surface area contributed by atoms with Gasteiger partial charge in [-0.2, -0.15) is 0 Å². The average molecular weight is 356 g/mol. The van der Waals surface area contributed by atoms with Crippen LogP contribution in [0.25, 0.3) is 15.9 Å². The molecule has 0 aliphatic carbocycles. The smallest absolute Gasteiger partial charge is 0.261 e. The molecule has 24 heavy (non-hydrogen) atoms. The van der Waals surface area contributed by atoms with E-state index in [-0.39, 0.29) is 11.1 Å². The highest BCUT2D eigenvalue weighted by molar-refractivity contribution is 7.98. The first kappa shape index (κ1) is 15.1. The average Bonchev–Trinajstić information content (AvgIpc) is 3.06. The minimum absolute atomic E-state index is 0.0789. The van der Waals surface area contributed by atoms with Gasteiger partial charge >= 0.3 is 0 Å². The molecule has 4 aromatic rings. The van der Waals surface area contributed by atoms with Crippen molar-refractivity contribution in [2.45, 2.75) is 10.9 Å². The highest BCUT2D eigenvalue weighted by Gasteiger charge is 2.10. The standard InChI is InChI=1S/C16H12N4O2S2/c1-19-14(22)11-4-2-3-5-12(11)18-15(19)24-9-10-8-13(21)20-6-7-23-16(20)17-10/h2-8H,9H2,1H3. The number of nitrogens with zero attached hydrogens (tertiary/aromatic N) is 4. The molecule has 0 amide bonds. The van der Waals surface area contributed by atoms with Crippen LogP contribution in [-0.2, 0) is 12.8 Å². The van der Waals surface area contributed by atoms with E-state index in [4.69, 9.17) is 0 Å². The summed E-state index contributed by atoms with van der Waals surface area (Å²) >= 11 is 2.81. The van der Waals surface area contributed by atoms with Gasteiger partial charge in [0, 0.05) is 30.4 Å². The zero-order valence-corrected chi connectivity index (χ0v) is 14.3. The Morgan fingerprint density at radius 3 is 2.92 bits per heavy atom. The Bertz CT molecular complexity index is 1180. The zero-order valence-electron chi connectivity index (χ0n) is 12.7. The molecule has 0 aliphatic rings. The second-order valence-electron chi connectivity index (χ2n) is 5.21. The van der Waals surface area contributed by atoms with Crippen LogP contribution in [0.1, 0.15) is 5.69 Å². The fraction of sp³-hybridized carbons (Fsp3) is 0.125. The minimum atomic E-state index is -0.0998. The van der Waals surface area contributed by atoms with Gasteiger partial charge < -0.3 is 0 Å². The Hall–Kier alpha value is -2.45. The number of fused-ring (bicyclic) bond motifs is 2. The van der Waals surface area contributed by atoms with Crippen LogP contribution in [0.4, 0.5) is 0 Å². The van der Waals surface area contributed by atoms with Gasteiger partial charge in [0.15, 0.2) is 10.1 Å². The Morgan fingerprint density at radius 2 is 2.04 bits per heavy atom. The fourth-order valence-corrected chi connectivity index (χ4v) is 4.03. The fourth-order valence-electron chi connectivity index (χ4n) is 2.43. The summed E-state index contributed by atoms with van der Waals surface area (Å²) in [6.07, 6.45) is 1.71. The maximum absolute atomic E-state index is 12.4. The number of para-hydroxylation sites is 1. The second-order valence-corrected chi connectivity index (χ2v) is 7.02. The molecule has 3 heterocycles. The van der Waals surface area contributed by atoms with E-state index in [0.29, 0.717) is 32.5 Å². The lowest BCUT2D eigenvalue weighted by atomic mass is 10.2. The molecule has 0 N–H and O–H groups in total. The number of hydrogen-bond donors (Lipinski definition) is 0. The van der Waals surface area contributed by atoms with Crippen molar-refractivity contribution in [3.8, 4) is 0 Å². The van der Waals surface area contributed by atoms with Gasteiger partial charge in [0.05, 0.1) is 16.6 Å². The Labute approximate surface area is 144 Å². The van der Waals surface area contributed by atoms with Crippen molar-refractivity contribution in [1.29, 1.82) is 0 Å². The number of rotatable bonds is 3. The van der Waals surface area contributed by atoms with Crippen LogP contribution in [0.2, 0.25) is 0 Å². The first-order valence-electron chi connectivity index (χ1n) is 7.18. The lowest BCUT2D eigenvalue weighted by Gasteiger charge is -2.08. The molecule has 0 saturated heterocycles. The van der Waals surface area contributed by atoms with Crippen molar-refractivity contribution in [1.82, 2.24) is 18.9 Å². The summed E-state index contributed by atoms with van der Waals surface area (Å²) in [4.78, 5) is 34.1. The monoisotopic (exact) mass is 356 g/mol. The molecule has 0 fully saturated rings. The Kier molecular flexibility index (Phi) is 3.70. The quantitative estimate of drug-likeness (QED) is 0.416. The molecular formula is C16H12N4O2S2. The Morgan fingerprint density at radius 1 is 1.21 bits per heavy atom. The van der Waals surface area contributed by atoms with E-state index in [0.717, 1.165) is 0 Å². The normalized spacial score (nSPS) is 11.4. The zero-order chi connectivity index (χ0) is 16.7. The molecular weight excluding hydrogens is 344 g/mol. The van der Waals surface area contributed by atoms with Gasteiger partial charge in [0.1, 0.15) is 0 Å².